The fourth-order valence-electron chi connectivity index (χ4n) is 3.78. The van der Waals surface area contributed by atoms with Crippen LogP contribution in [0.3, 0.4) is 0 Å². The summed E-state index contributed by atoms with van der Waals surface area (Å²) in [6, 6.07) is 7.02. The van der Waals surface area contributed by atoms with E-state index in [0.29, 0.717) is 26.2 Å². The number of hydrogen-bond donors (Lipinski definition) is 2. The van der Waals surface area contributed by atoms with Crippen LogP contribution in [0.15, 0.2) is 36.8 Å². The Morgan fingerprint density at radius 1 is 1.18 bits per heavy atom. The third-order valence-corrected chi connectivity index (χ3v) is 6.43. The fraction of sp³-hybridized carbons (Fsp3) is 0.368. The van der Waals surface area contributed by atoms with Crippen LogP contribution >= 0.6 is 34.8 Å². The van der Waals surface area contributed by atoms with Gasteiger partial charge >= 0.3 is 0 Å². The molecule has 4 rings (SSSR count). The lowest BCUT2D eigenvalue weighted by Gasteiger charge is -2.30. The zero-order valence-corrected chi connectivity index (χ0v) is 17.3. The van der Waals surface area contributed by atoms with E-state index >= 15 is 0 Å². The number of rotatable bonds is 3. The maximum atomic E-state index is 11.1. The van der Waals surface area contributed by atoms with Crippen molar-refractivity contribution in [2.24, 2.45) is 0 Å². The van der Waals surface area contributed by atoms with Crippen molar-refractivity contribution in [3.05, 3.63) is 57.6 Å². The quantitative estimate of drug-likeness (QED) is 0.594. The summed E-state index contributed by atoms with van der Waals surface area (Å²) in [5.74, 6) is -0.260. The van der Waals surface area contributed by atoms with Crippen molar-refractivity contribution in [3.8, 4) is 0 Å². The molecule has 3 heterocycles. The van der Waals surface area contributed by atoms with Gasteiger partial charge in [-0.15, -0.1) is 0 Å². The van der Waals surface area contributed by atoms with Gasteiger partial charge in [-0.05, 0) is 30.7 Å². The average molecular weight is 443 g/mol. The molecule has 1 aliphatic heterocycles. The Balaban J connectivity index is 1.71. The number of aliphatic hydroxyl groups is 2. The van der Waals surface area contributed by atoms with E-state index in [1.54, 1.807) is 35.9 Å². The summed E-state index contributed by atoms with van der Waals surface area (Å²) in [5.41, 5.74) is -0.151. The Kier molecular flexibility index (Phi) is 5.06. The summed E-state index contributed by atoms with van der Waals surface area (Å²) in [6.07, 6.45) is 0.331. The topological polar surface area (TPSA) is 80.4 Å². The van der Waals surface area contributed by atoms with Crippen molar-refractivity contribution in [1.82, 2.24) is 14.5 Å². The summed E-state index contributed by atoms with van der Waals surface area (Å²) in [5, 5.41) is 23.7. The molecular weight excluding hydrogens is 425 g/mol. The van der Waals surface area contributed by atoms with E-state index in [4.69, 9.17) is 39.5 Å². The number of hydrogen-bond acceptors (Lipinski definition) is 5. The van der Waals surface area contributed by atoms with Crippen LogP contribution in [-0.4, -0.2) is 42.6 Å². The second-order valence-electron chi connectivity index (χ2n) is 7.20. The van der Waals surface area contributed by atoms with Crippen LogP contribution in [0.4, 0.5) is 0 Å². The van der Waals surface area contributed by atoms with Crippen LogP contribution < -0.4 is 0 Å². The molecule has 9 heteroatoms. The minimum absolute atomic E-state index is 0.260. The maximum absolute atomic E-state index is 11.1. The third-order valence-electron chi connectivity index (χ3n) is 5.39. The molecule has 28 heavy (non-hydrogen) atoms. The monoisotopic (exact) mass is 441 g/mol. The lowest BCUT2D eigenvalue weighted by atomic mass is 9.83. The molecule has 1 fully saturated rings. The second-order valence-corrected chi connectivity index (χ2v) is 8.38. The van der Waals surface area contributed by atoms with Crippen LogP contribution in [0.1, 0.15) is 31.6 Å². The molecule has 0 bridgehead atoms. The van der Waals surface area contributed by atoms with Crippen molar-refractivity contribution in [2.75, 3.05) is 0 Å². The van der Waals surface area contributed by atoms with Gasteiger partial charge in [0.2, 0.25) is 0 Å². The number of fused-ring (bicyclic) bond motifs is 1. The first-order chi connectivity index (χ1) is 13.2. The molecule has 3 aromatic rings. The summed E-state index contributed by atoms with van der Waals surface area (Å²) in [6.45, 7) is 3.46. The van der Waals surface area contributed by atoms with Gasteiger partial charge in [0.25, 0.3) is 0 Å². The molecule has 1 aromatic carbocycles. The minimum Gasteiger partial charge on any atom is -0.385 e. The van der Waals surface area contributed by atoms with Gasteiger partial charge in [-0.2, -0.15) is 0 Å². The molecule has 2 N–H and O–H groups in total. The maximum Gasteiger partial charge on any atom is 0.164 e. The molecule has 1 aliphatic rings. The Bertz CT molecular complexity index is 1040. The molecule has 0 saturated carbocycles. The van der Waals surface area contributed by atoms with Gasteiger partial charge in [-0.3, -0.25) is 0 Å². The number of halogens is 3. The van der Waals surface area contributed by atoms with Crippen molar-refractivity contribution in [1.29, 1.82) is 0 Å². The molecule has 148 valence electrons. The van der Waals surface area contributed by atoms with Crippen molar-refractivity contribution >= 4 is 45.8 Å². The fourth-order valence-corrected chi connectivity index (χ4v) is 4.27. The van der Waals surface area contributed by atoms with Gasteiger partial charge in [0, 0.05) is 12.1 Å². The van der Waals surface area contributed by atoms with Crippen LogP contribution in [0.25, 0.3) is 11.0 Å². The summed E-state index contributed by atoms with van der Waals surface area (Å²) < 4.78 is 7.81. The third kappa shape index (κ3) is 3.09. The molecule has 6 nitrogen and oxygen atoms in total. The van der Waals surface area contributed by atoms with E-state index in [1.165, 1.54) is 6.33 Å². The van der Waals surface area contributed by atoms with E-state index in [2.05, 4.69) is 9.97 Å². The molecule has 0 radical (unpaired) electrons. The van der Waals surface area contributed by atoms with E-state index in [1.807, 2.05) is 13.0 Å². The molecule has 0 unspecified atom stereocenters. The van der Waals surface area contributed by atoms with E-state index < -0.39 is 24.0 Å². The normalized spacial score (nSPS) is 28.8. The zero-order valence-electron chi connectivity index (χ0n) is 15.1. The molecule has 5 atom stereocenters. The first-order valence-electron chi connectivity index (χ1n) is 8.69. The standard InChI is InChI=1S/C19H18Cl3N3O3/c1-9(10-3-4-12(20)13(21)7-10)15-19(2,27)14(26)18(28-15)25-6-5-11-16(22)23-8-24-17(11)25/h3-9,14-15,18,26-27H,1-2H3/t9-,14+,15-,18-,19+/m1/s1. The predicted molar refractivity (Wildman–Crippen MR) is 108 cm³/mol. The number of nitrogens with zero attached hydrogens (tertiary/aromatic N) is 3. The second kappa shape index (κ2) is 7.13. The van der Waals surface area contributed by atoms with E-state index in [9.17, 15) is 10.2 Å². The average Bonchev–Trinajstić information content (AvgIpc) is 3.17. The van der Waals surface area contributed by atoms with Crippen molar-refractivity contribution < 1.29 is 14.9 Å². The first-order valence-corrected chi connectivity index (χ1v) is 9.83. The van der Waals surface area contributed by atoms with E-state index in [0.717, 1.165) is 5.56 Å². The lowest BCUT2D eigenvalue weighted by molar-refractivity contribution is -0.0704. The summed E-state index contributed by atoms with van der Waals surface area (Å²) in [4.78, 5) is 8.20. The van der Waals surface area contributed by atoms with Gasteiger partial charge in [0.15, 0.2) is 6.23 Å². The van der Waals surface area contributed by atoms with Gasteiger partial charge in [0.05, 0.1) is 21.5 Å². The van der Waals surface area contributed by atoms with Crippen molar-refractivity contribution in [2.45, 2.75) is 43.8 Å². The largest absolute Gasteiger partial charge is 0.385 e. The number of aliphatic hydroxyl groups excluding tert-OH is 1. The Labute approximate surface area is 176 Å². The number of aromatic nitrogens is 3. The van der Waals surface area contributed by atoms with Gasteiger partial charge in [-0.1, -0.05) is 47.8 Å². The Morgan fingerprint density at radius 3 is 2.64 bits per heavy atom. The van der Waals surface area contributed by atoms with Crippen LogP contribution in [0, 0.1) is 0 Å². The van der Waals surface area contributed by atoms with Crippen molar-refractivity contribution in [3.63, 3.8) is 0 Å². The number of benzene rings is 1. The highest BCUT2D eigenvalue weighted by Gasteiger charge is 2.55. The van der Waals surface area contributed by atoms with Crippen LogP contribution in [0.2, 0.25) is 15.2 Å². The number of ether oxygens (including phenoxy) is 1. The molecule has 0 aliphatic carbocycles. The zero-order chi connectivity index (χ0) is 20.2. The highest BCUT2D eigenvalue weighted by Crippen LogP contribution is 2.44. The smallest absolute Gasteiger partial charge is 0.164 e. The van der Waals surface area contributed by atoms with Crippen LogP contribution in [-0.2, 0) is 4.74 Å². The highest BCUT2D eigenvalue weighted by molar-refractivity contribution is 6.42. The highest BCUT2D eigenvalue weighted by atomic mass is 35.5. The minimum atomic E-state index is -1.51. The Morgan fingerprint density at radius 2 is 1.93 bits per heavy atom. The lowest BCUT2D eigenvalue weighted by Crippen LogP contribution is -2.46. The predicted octanol–water partition coefficient (Wildman–Crippen LogP) is 4.20. The summed E-state index contributed by atoms with van der Waals surface area (Å²) in [7, 11) is 0. The molecule has 2 aromatic heterocycles. The first kappa shape index (κ1) is 19.9. The van der Waals surface area contributed by atoms with Gasteiger partial charge < -0.3 is 19.5 Å². The molecule has 0 amide bonds. The Hall–Kier alpha value is -1.41. The molecular formula is C19H18Cl3N3O3. The van der Waals surface area contributed by atoms with Crippen LogP contribution in [0.5, 0.6) is 0 Å². The van der Waals surface area contributed by atoms with Gasteiger partial charge in [0.1, 0.15) is 28.8 Å². The molecule has 0 spiro atoms. The summed E-state index contributed by atoms with van der Waals surface area (Å²) >= 11 is 18.3. The SMILES string of the molecule is C[C@H](c1ccc(Cl)c(Cl)c1)[C@H]1O[C@@H](n2ccc3c(Cl)ncnc32)[C@H](O)[C@]1(C)O. The molecule has 1 saturated heterocycles. The van der Waals surface area contributed by atoms with Gasteiger partial charge in [-0.25, -0.2) is 9.97 Å². The van der Waals surface area contributed by atoms with E-state index in [-0.39, 0.29) is 5.92 Å².